The highest BCUT2D eigenvalue weighted by atomic mass is 35.5. The van der Waals surface area contributed by atoms with Gasteiger partial charge in [0.25, 0.3) is 5.91 Å². The summed E-state index contributed by atoms with van der Waals surface area (Å²) >= 11 is 6.25. The fourth-order valence-electron chi connectivity index (χ4n) is 3.71. The lowest BCUT2D eigenvalue weighted by molar-refractivity contribution is 0.0859. The number of nitrogens with one attached hydrogen (secondary N) is 1. The second-order valence-electron chi connectivity index (χ2n) is 6.54. The first kappa shape index (κ1) is 15.5. The summed E-state index contributed by atoms with van der Waals surface area (Å²) in [4.78, 5) is 13.1. The van der Waals surface area contributed by atoms with Crippen molar-refractivity contribution >= 4 is 29.0 Å². The summed E-state index contributed by atoms with van der Waals surface area (Å²) < 4.78 is 1.38. The third-order valence-corrected chi connectivity index (χ3v) is 5.30. The summed E-state index contributed by atoms with van der Waals surface area (Å²) in [6.45, 7) is 0.693. The van der Waals surface area contributed by atoms with Crippen molar-refractivity contribution in [2.45, 2.75) is 37.6 Å². The van der Waals surface area contributed by atoms with E-state index in [0.29, 0.717) is 30.2 Å². The van der Waals surface area contributed by atoms with Crippen molar-refractivity contribution in [3.8, 4) is 0 Å². The number of benzene rings is 1. The summed E-state index contributed by atoms with van der Waals surface area (Å²) in [7, 11) is 0. The number of aryl methyl sites for hydroxylation is 1. The minimum absolute atomic E-state index is 0.0889. The Morgan fingerprint density at radius 1 is 1.38 bits per heavy atom. The van der Waals surface area contributed by atoms with Crippen molar-refractivity contribution in [2.75, 3.05) is 17.6 Å². The third-order valence-electron chi connectivity index (χ3n) is 4.99. The number of rotatable bonds is 1. The van der Waals surface area contributed by atoms with Gasteiger partial charge in [-0.1, -0.05) is 23.7 Å². The predicted octanol–water partition coefficient (Wildman–Crippen LogP) is 2.17. The van der Waals surface area contributed by atoms with Crippen LogP contribution in [0.4, 0.5) is 11.5 Å². The molecule has 126 valence electrons. The van der Waals surface area contributed by atoms with Crippen LogP contribution in [0, 0.1) is 0 Å². The van der Waals surface area contributed by atoms with Gasteiger partial charge in [-0.05, 0) is 37.3 Å². The molecule has 2 unspecified atom stereocenters. The molecule has 1 aromatic heterocycles. The first-order chi connectivity index (χ1) is 11.6. The summed E-state index contributed by atoms with van der Waals surface area (Å²) in [5.41, 5.74) is 15.8. The largest absolute Gasteiger partial charge is 0.384 e. The molecule has 24 heavy (non-hydrogen) atoms. The predicted molar refractivity (Wildman–Crippen MR) is 94.6 cm³/mol. The molecule has 2 heterocycles. The maximum Gasteiger partial charge on any atom is 0.256 e. The standard InChI is InChI=1S/C17H20ClN5O/c18-13-3-1-2-10-11(6-7-21-15(10)13)17(24)23-16(20)12-8-9(19)4-5-14(12)22-23/h1-3,9,11,21H,4-8,19-20H2. The highest BCUT2D eigenvalue weighted by molar-refractivity contribution is 6.33. The average Bonchev–Trinajstić information content (AvgIpc) is 2.91. The molecule has 6 nitrogen and oxygen atoms in total. The zero-order valence-corrected chi connectivity index (χ0v) is 14.0. The fraction of sp³-hybridized carbons (Fsp3) is 0.412. The zero-order valence-electron chi connectivity index (χ0n) is 13.3. The summed E-state index contributed by atoms with van der Waals surface area (Å²) in [5, 5.41) is 8.39. The summed E-state index contributed by atoms with van der Waals surface area (Å²) in [6.07, 6.45) is 3.03. The van der Waals surface area contributed by atoms with E-state index in [1.54, 1.807) is 0 Å². The molecule has 0 radical (unpaired) electrons. The van der Waals surface area contributed by atoms with Gasteiger partial charge in [-0.25, -0.2) is 0 Å². The summed E-state index contributed by atoms with van der Waals surface area (Å²) in [5.74, 6) is 0.0463. The Kier molecular flexibility index (Phi) is 3.73. The van der Waals surface area contributed by atoms with Gasteiger partial charge >= 0.3 is 0 Å². The number of nitrogens with zero attached hydrogens (tertiary/aromatic N) is 2. The quantitative estimate of drug-likeness (QED) is 0.735. The highest BCUT2D eigenvalue weighted by Gasteiger charge is 2.32. The van der Waals surface area contributed by atoms with E-state index in [9.17, 15) is 4.79 Å². The lowest BCUT2D eigenvalue weighted by Crippen LogP contribution is -2.28. The van der Waals surface area contributed by atoms with Crippen LogP contribution in [0.15, 0.2) is 18.2 Å². The van der Waals surface area contributed by atoms with Gasteiger partial charge in [0.15, 0.2) is 0 Å². The van der Waals surface area contributed by atoms with Gasteiger partial charge in [0.1, 0.15) is 5.82 Å². The maximum absolute atomic E-state index is 13.1. The molecular weight excluding hydrogens is 326 g/mol. The molecule has 1 aliphatic heterocycles. The van der Waals surface area contributed by atoms with Gasteiger partial charge in [0.2, 0.25) is 0 Å². The molecule has 7 heteroatoms. The molecule has 0 bridgehead atoms. The van der Waals surface area contributed by atoms with E-state index in [-0.39, 0.29) is 17.9 Å². The fourth-order valence-corrected chi connectivity index (χ4v) is 3.96. The second-order valence-corrected chi connectivity index (χ2v) is 6.94. The van der Waals surface area contributed by atoms with Crippen LogP contribution in [-0.2, 0) is 12.8 Å². The Bertz CT molecular complexity index is 816. The van der Waals surface area contributed by atoms with Gasteiger partial charge in [0, 0.05) is 18.2 Å². The molecule has 5 N–H and O–H groups in total. The minimum Gasteiger partial charge on any atom is -0.384 e. The first-order valence-electron chi connectivity index (χ1n) is 8.24. The molecule has 0 saturated carbocycles. The molecular formula is C17H20ClN5O. The van der Waals surface area contributed by atoms with Crippen LogP contribution in [0.5, 0.6) is 0 Å². The highest BCUT2D eigenvalue weighted by Crippen LogP contribution is 2.38. The zero-order chi connectivity index (χ0) is 16.8. The number of carbonyl (C=O) groups excluding carboxylic acids is 1. The molecule has 0 fully saturated rings. The number of hydrogen-bond donors (Lipinski definition) is 3. The van der Waals surface area contributed by atoms with Crippen LogP contribution in [0.25, 0.3) is 0 Å². The van der Waals surface area contributed by atoms with Gasteiger partial charge in [-0.2, -0.15) is 9.78 Å². The first-order valence-corrected chi connectivity index (χ1v) is 8.62. The molecule has 0 amide bonds. The number of nitrogens with two attached hydrogens (primary N) is 2. The van der Waals surface area contributed by atoms with E-state index < -0.39 is 0 Å². The molecule has 1 aliphatic carbocycles. The Morgan fingerprint density at radius 2 is 2.21 bits per heavy atom. The van der Waals surface area contributed by atoms with Gasteiger partial charge in [-0.3, -0.25) is 4.79 Å². The smallest absolute Gasteiger partial charge is 0.256 e. The molecule has 2 atom stereocenters. The number of aromatic nitrogens is 2. The molecule has 0 saturated heterocycles. The maximum atomic E-state index is 13.1. The monoisotopic (exact) mass is 345 g/mol. The third kappa shape index (κ3) is 2.37. The van der Waals surface area contributed by atoms with Crippen molar-refractivity contribution in [1.82, 2.24) is 9.78 Å². The number of anilines is 2. The Balaban J connectivity index is 1.73. The number of carbonyl (C=O) groups is 1. The Hall–Kier alpha value is -2.05. The van der Waals surface area contributed by atoms with E-state index in [4.69, 9.17) is 23.1 Å². The van der Waals surface area contributed by atoms with E-state index in [1.807, 2.05) is 18.2 Å². The molecule has 4 rings (SSSR count). The van der Waals surface area contributed by atoms with E-state index in [0.717, 1.165) is 35.3 Å². The summed E-state index contributed by atoms with van der Waals surface area (Å²) in [6, 6.07) is 5.71. The van der Waals surface area contributed by atoms with Crippen molar-refractivity contribution in [3.05, 3.63) is 40.0 Å². The van der Waals surface area contributed by atoms with Crippen LogP contribution in [0.1, 0.15) is 40.4 Å². The van der Waals surface area contributed by atoms with E-state index >= 15 is 0 Å². The number of hydrogen-bond acceptors (Lipinski definition) is 5. The normalized spacial score (nSPS) is 22.4. The van der Waals surface area contributed by atoms with Crippen LogP contribution >= 0.6 is 11.6 Å². The molecule has 2 aromatic rings. The van der Waals surface area contributed by atoms with Crippen LogP contribution in [0.2, 0.25) is 5.02 Å². The van der Waals surface area contributed by atoms with Crippen molar-refractivity contribution in [3.63, 3.8) is 0 Å². The van der Waals surface area contributed by atoms with Crippen molar-refractivity contribution in [2.24, 2.45) is 5.73 Å². The van der Waals surface area contributed by atoms with Crippen LogP contribution in [-0.4, -0.2) is 28.3 Å². The minimum atomic E-state index is -0.294. The second kappa shape index (κ2) is 5.79. The Morgan fingerprint density at radius 3 is 3.04 bits per heavy atom. The average molecular weight is 346 g/mol. The SMILES string of the molecule is Nc1c2c(nn1C(=O)C1CCNc3c(Cl)cccc31)CCC(N)C2. The van der Waals surface area contributed by atoms with E-state index in [2.05, 4.69) is 10.4 Å². The number of nitrogen functional groups attached to an aromatic ring is 1. The van der Waals surface area contributed by atoms with E-state index in [1.165, 1.54) is 4.68 Å². The van der Waals surface area contributed by atoms with Gasteiger partial charge in [0.05, 0.1) is 22.3 Å². The van der Waals surface area contributed by atoms with Crippen LogP contribution in [0.3, 0.4) is 0 Å². The molecule has 0 spiro atoms. The Labute approximate surface area is 145 Å². The van der Waals surface area contributed by atoms with Crippen molar-refractivity contribution < 1.29 is 4.79 Å². The van der Waals surface area contributed by atoms with Crippen molar-refractivity contribution in [1.29, 1.82) is 0 Å². The van der Waals surface area contributed by atoms with Gasteiger partial charge in [-0.15, -0.1) is 0 Å². The molecule has 1 aromatic carbocycles. The number of halogens is 1. The number of fused-ring (bicyclic) bond motifs is 2. The molecule has 2 aliphatic rings. The van der Waals surface area contributed by atoms with Gasteiger partial charge < -0.3 is 16.8 Å². The lowest BCUT2D eigenvalue weighted by Gasteiger charge is -2.26. The lowest BCUT2D eigenvalue weighted by atomic mass is 9.90. The topological polar surface area (TPSA) is 99.0 Å². The number of para-hydroxylation sites is 1. The van der Waals surface area contributed by atoms with Crippen LogP contribution < -0.4 is 16.8 Å².